The second-order valence-corrected chi connectivity index (χ2v) is 11.5. The predicted octanol–water partition coefficient (Wildman–Crippen LogP) is 7.78. The van der Waals surface area contributed by atoms with E-state index < -0.39 is 6.10 Å². The van der Waals surface area contributed by atoms with Crippen molar-refractivity contribution in [2.75, 3.05) is 19.8 Å². The Labute approximate surface area is 256 Å². The molecule has 0 aliphatic heterocycles. The maximum atomic E-state index is 11.0. The first-order valence-corrected chi connectivity index (χ1v) is 15.3. The summed E-state index contributed by atoms with van der Waals surface area (Å²) in [5.74, 6) is 2.38. The minimum absolute atomic E-state index is 0.0192. The minimum atomic E-state index is -0.769. The van der Waals surface area contributed by atoms with Gasteiger partial charge in [-0.2, -0.15) is 0 Å². The van der Waals surface area contributed by atoms with Gasteiger partial charge in [0.05, 0.1) is 12.2 Å². The standard InChI is InChI=1S/C36H45N3O4/c1-7-9-10-27(8-2)20-42-21-28(40)22-43-29-13-16-32(33(41)19-29)36-38-34(30-14-11-23(3)17-25(30)5)37-35(39-36)31-15-12-24(4)18-26(31)6/h11-19,27-28,40-41H,7-10,20-22H2,1-6H3/t27-,28+/m1/s1. The van der Waals surface area contributed by atoms with E-state index in [0.717, 1.165) is 46.2 Å². The van der Waals surface area contributed by atoms with Crippen LogP contribution in [0, 0.1) is 33.6 Å². The molecule has 0 amide bonds. The molecule has 7 nitrogen and oxygen atoms in total. The molecule has 0 bridgehead atoms. The molecular formula is C36H45N3O4. The van der Waals surface area contributed by atoms with Gasteiger partial charge in [0.25, 0.3) is 0 Å². The van der Waals surface area contributed by atoms with Crippen LogP contribution in [0.1, 0.15) is 61.8 Å². The number of aliphatic hydroxyl groups is 1. The van der Waals surface area contributed by atoms with Crippen LogP contribution in [0.4, 0.5) is 0 Å². The summed E-state index contributed by atoms with van der Waals surface area (Å²) in [6, 6.07) is 17.3. The van der Waals surface area contributed by atoms with E-state index in [1.807, 2.05) is 38.1 Å². The molecule has 0 radical (unpaired) electrons. The number of rotatable bonds is 14. The number of unbranched alkanes of at least 4 members (excludes halogenated alkanes) is 1. The molecule has 0 saturated carbocycles. The number of aliphatic hydroxyl groups excluding tert-OH is 1. The Morgan fingerprint density at radius 1 is 0.698 bits per heavy atom. The molecule has 4 aromatic rings. The highest BCUT2D eigenvalue weighted by Crippen LogP contribution is 2.34. The van der Waals surface area contributed by atoms with E-state index in [1.165, 1.54) is 18.9 Å². The molecular weight excluding hydrogens is 538 g/mol. The third-order valence-electron chi connectivity index (χ3n) is 7.74. The number of hydrogen-bond donors (Lipinski definition) is 2. The second-order valence-electron chi connectivity index (χ2n) is 11.5. The molecule has 0 fully saturated rings. The van der Waals surface area contributed by atoms with Gasteiger partial charge in [-0.05, 0) is 63.3 Å². The van der Waals surface area contributed by atoms with Gasteiger partial charge in [-0.25, -0.2) is 15.0 Å². The number of phenols is 1. The van der Waals surface area contributed by atoms with Gasteiger partial charge in [0, 0.05) is 23.8 Å². The van der Waals surface area contributed by atoms with Crippen LogP contribution in [-0.4, -0.2) is 51.1 Å². The van der Waals surface area contributed by atoms with E-state index in [9.17, 15) is 10.2 Å². The van der Waals surface area contributed by atoms with Crippen molar-refractivity contribution in [3.63, 3.8) is 0 Å². The maximum absolute atomic E-state index is 11.0. The Morgan fingerprint density at radius 3 is 1.77 bits per heavy atom. The summed E-state index contributed by atoms with van der Waals surface area (Å²) in [4.78, 5) is 14.5. The molecule has 3 aromatic carbocycles. The van der Waals surface area contributed by atoms with Crippen LogP contribution < -0.4 is 4.74 Å². The number of aromatic nitrogens is 3. The van der Waals surface area contributed by atoms with Gasteiger partial charge in [0.15, 0.2) is 17.5 Å². The van der Waals surface area contributed by atoms with Crippen LogP contribution in [0.5, 0.6) is 11.5 Å². The predicted molar refractivity (Wildman–Crippen MR) is 172 cm³/mol. The number of ether oxygens (including phenoxy) is 2. The molecule has 0 aliphatic rings. The fourth-order valence-corrected chi connectivity index (χ4v) is 5.17. The Balaban J connectivity index is 1.55. The summed E-state index contributed by atoms with van der Waals surface area (Å²) in [5.41, 5.74) is 6.72. The van der Waals surface area contributed by atoms with Gasteiger partial charge in [-0.15, -0.1) is 0 Å². The number of hydrogen-bond acceptors (Lipinski definition) is 7. The molecule has 0 unspecified atom stereocenters. The minimum Gasteiger partial charge on any atom is -0.507 e. The smallest absolute Gasteiger partial charge is 0.167 e. The van der Waals surface area contributed by atoms with Crippen molar-refractivity contribution in [2.45, 2.75) is 73.3 Å². The van der Waals surface area contributed by atoms with Crippen LogP contribution in [0.3, 0.4) is 0 Å². The summed E-state index contributed by atoms with van der Waals surface area (Å²) in [5, 5.41) is 21.4. The topological polar surface area (TPSA) is 97.6 Å². The highest BCUT2D eigenvalue weighted by molar-refractivity contribution is 5.72. The Morgan fingerprint density at radius 2 is 1.26 bits per heavy atom. The first-order chi connectivity index (χ1) is 20.7. The lowest BCUT2D eigenvalue weighted by Gasteiger charge is -2.17. The van der Waals surface area contributed by atoms with E-state index in [0.29, 0.717) is 41.3 Å². The number of nitrogens with zero attached hydrogens (tertiary/aromatic N) is 3. The van der Waals surface area contributed by atoms with E-state index in [2.05, 4.69) is 39.8 Å². The molecule has 1 aromatic heterocycles. The van der Waals surface area contributed by atoms with E-state index >= 15 is 0 Å². The lowest BCUT2D eigenvalue weighted by molar-refractivity contribution is -0.00111. The Kier molecular flexibility index (Phi) is 11.3. The number of benzene rings is 3. The zero-order valence-electron chi connectivity index (χ0n) is 26.4. The monoisotopic (exact) mass is 583 g/mol. The average molecular weight is 584 g/mol. The molecule has 228 valence electrons. The lowest BCUT2D eigenvalue weighted by Crippen LogP contribution is -2.25. The Hall–Kier alpha value is -3.81. The summed E-state index contributed by atoms with van der Waals surface area (Å²) >= 11 is 0. The SMILES string of the molecule is CCCC[C@@H](CC)COC[C@H](O)COc1ccc(-c2nc(-c3ccc(C)cc3C)nc(-c3ccc(C)cc3C)n2)c(O)c1. The fraction of sp³-hybridized carbons (Fsp3) is 0.417. The highest BCUT2D eigenvalue weighted by atomic mass is 16.5. The molecule has 0 spiro atoms. The number of aromatic hydroxyl groups is 1. The summed E-state index contributed by atoms with van der Waals surface area (Å²) < 4.78 is 11.5. The van der Waals surface area contributed by atoms with Crippen LogP contribution in [-0.2, 0) is 4.74 Å². The third kappa shape index (κ3) is 8.62. The molecule has 0 aliphatic carbocycles. The largest absolute Gasteiger partial charge is 0.507 e. The molecule has 43 heavy (non-hydrogen) atoms. The average Bonchev–Trinajstić information content (AvgIpc) is 2.97. The van der Waals surface area contributed by atoms with Gasteiger partial charge in [-0.1, -0.05) is 80.6 Å². The van der Waals surface area contributed by atoms with Crippen molar-refractivity contribution < 1.29 is 19.7 Å². The molecule has 1 heterocycles. The van der Waals surface area contributed by atoms with Crippen molar-refractivity contribution >= 4 is 0 Å². The molecule has 2 atom stereocenters. The van der Waals surface area contributed by atoms with Gasteiger partial charge >= 0.3 is 0 Å². The van der Waals surface area contributed by atoms with Crippen molar-refractivity contribution in [3.8, 4) is 45.7 Å². The van der Waals surface area contributed by atoms with E-state index in [4.69, 9.17) is 24.4 Å². The maximum Gasteiger partial charge on any atom is 0.167 e. The van der Waals surface area contributed by atoms with Crippen LogP contribution >= 0.6 is 0 Å². The van der Waals surface area contributed by atoms with Gasteiger partial charge in [0.2, 0.25) is 0 Å². The van der Waals surface area contributed by atoms with Crippen LogP contribution in [0.25, 0.3) is 34.2 Å². The number of phenolic OH excluding ortho intramolecular Hbond substituents is 1. The van der Waals surface area contributed by atoms with E-state index in [-0.39, 0.29) is 19.0 Å². The third-order valence-corrected chi connectivity index (χ3v) is 7.74. The summed E-state index contributed by atoms with van der Waals surface area (Å²) in [7, 11) is 0. The van der Waals surface area contributed by atoms with E-state index in [1.54, 1.807) is 12.1 Å². The number of aryl methyl sites for hydroxylation is 4. The van der Waals surface area contributed by atoms with Gasteiger partial charge in [0.1, 0.15) is 24.2 Å². The summed E-state index contributed by atoms with van der Waals surface area (Å²) in [6.45, 7) is 13.5. The fourth-order valence-electron chi connectivity index (χ4n) is 5.17. The molecule has 7 heteroatoms. The van der Waals surface area contributed by atoms with Crippen LogP contribution in [0.2, 0.25) is 0 Å². The summed E-state index contributed by atoms with van der Waals surface area (Å²) in [6.07, 6.45) is 3.81. The van der Waals surface area contributed by atoms with Gasteiger partial charge in [-0.3, -0.25) is 0 Å². The van der Waals surface area contributed by atoms with Crippen molar-refractivity contribution in [1.82, 2.24) is 15.0 Å². The Bertz CT molecular complexity index is 1450. The lowest BCUT2D eigenvalue weighted by atomic mass is 10.0. The normalized spacial score (nSPS) is 12.7. The zero-order valence-corrected chi connectivity index (χ0v) is 26.4. The van der Waals surface area contributed by atoms with Crippen LogP contribution in [0.15, 0.2) is 54.6 Å². The molecule has 4 rings (SSSR count). The van der Waals surface area contributed by atoms with Gasteiger partial charge < -0.3 is 19.7 Å². The van der Waals surface area contributed by atoms with Crippen molar-refractivity contribution in [2.24, 2.45) is 5.92 Å². The highest BCUT2D eigenvalue weighted by Gasteiger charge is 2.18. The quantitative estimate of drug-likeness (QED) is 0.156. The van der Waals surface area contributed by atoms with Crippen molar-refractivity contribution in [3.05, 3.63) is 76.9 Å². The molecule has 2 N–H and O–H groups in total. The van der Waals surface area contributed by atoms with Crippen molar-refractivity contribution in [1.29, 1.82) is 0 Å². The molecule has 0 saturated heterocycles. The zero-order chi connectivity index (χ0) is 30.9. The first kappa shape index (κ1) is 32.1. The second kappa shape index (κ2) is 15.1. The first-order valence-electron chi connectivity index (χ1n) is 15.3.